The molecule has 0 bridgehead atoms. The monoisotopic (exact) mass is 367 g/mol. The van der Waals surface area contributed by atoms with Crippen LogP contribution in [-0.2, 0) is 0 Å². The van der Waals surface area contributed by atoms with Crippen LogP contribution in [0, 0.1) is 25.2 Å². The molecular weight excluding hydrogens is 342 g/mol. The summed E-state index contributed by atoms with van der Waals surface area (Å²) in [4.78, 5) is 0. The molecule has 0 amide bonds. The number of aryl methyl sites for hydroxylation is 2. The first kappa shape index (κ1) is 20.9. The molecule has 0 saturated carbocycles. The Balaban J connectivity index is 0.000000534. The number of nitrogens with zero attached hydrogens (tertiary/aromatic N) is 1. The molecule has 1 unspecified atom stereocenters. The number of aliphatic hydroxyl groups excluding tert-OH is 2. The van der Waals surface area contributed by atoms with Crippen molar-refractivity contribution in [1.82, 2.24) is 0 Å². The minimum atomic E-state index is -0.495. The van der Waals surface area contributed by atoms with Gasteiger partial charge < -0.3 is 10.2 Å². The van der Waals surface area contributed by atoms with Crippen LogP contribution in [0.4, 0.5) is 0 Å². The van der Waals surface area contributed by atoms with E-state index in [1.165, 1.54) is 5.56 Å². The van der Waals surface area contributed by atoms with Gasteiger partial charge >= 0.3 is 0 Å². The molecule has 122 valence electrons. The molecule has 22 heavy (non-hydrogen) atoms. The lowest BCUT2D eigenvalue weighted by Crippen LogP contribution is -2.10. The van der Waals surface area contributed by atoms with Gasteiger partial charge in [-0.05, 0) is 49.4 Å². The quantitative estimate of drug-likeness (QED) is 0.807. The van der Waals surface area contributed by atoms with Crippen LogP contribution >= 0.6 is 15.9 Å². The van der Waals surface area contributed by atoms with Gasteiger partial charge in [0.15, 0.2) is 0 Å². The molecule has 2 N–H and O–H groups in total. The third-order valence-electron chi connectivity index (χ3n) is 3.17. The summed E-state index contributed by atoms with van der Waals surface area (Å²) in [7, 11) is 0. The van der Waals surface area contributed by atoms with E-state index in [1.807, 2.05) is 19.9 Å². The van der Waals surface area contributed by atoms with Crippen molar-refractivity contribution in [3.63, 3.8) is 0 Å². The number of hydrogen-bond acceptors (Lipinski definition) is 3. The molecule has 1 aromatic rings. The smallest absolute Gasteiger partial charge is 0.0994 e. The lowest BCUT2D eigenvalue weighted by molar-refractivity contribution is 0.0877. The Bertz CT molecular complexity index is 533. The Labute approximate surface area is 142 Å². The molecule has 0 spiro atoms. The first-order valence-corrected chi connectivity index (χ1v) is 8.36. The van der Waals surface area contributed by atoms with Crippen LogP contribution in [0.5, 0.6) is 0 Å². The highest BCUT2D eigenvalue weighted by molar-refractivity contribution is 9.15. The Hall–Kier alpha value is -1.15. The van der Waals surface area contributed by atoms with E-state index in [0.29, 0.717) is 6.42 Å². The second-order valence-corrected chi connectivity index (χ2v) is 6.03. The molecule has 0 aliphatic rings. The fourth-order valence-corrected chi connectivity index (χ4v) is 2.69. The van der Waals surface area contributed by atoms with Crippen molar-refractivity contribution in [2.24, 2.45) is 0 Å². The molecular formula is C18H26BrNO2. The predicted octanol–water partition coefficient (Wildman–Crippen LogP) is 4.46. The van der Waals surface area contributed by atoms with Crippen molar-refractivity contribution < 1.29 is 10.2 Å². The van der Waals surface area contributed by atoms with Crippen molar-refractivity contribution in [2.45, 2.75) is 53.1 Å². The first-order valence-electron chi connectivity index (χ1n) is 7.57. The number of hydrogen-bond donors (Lipinski definition) is 2. The highest BCUT2D eigenvalue weighted by Gasteiger charge is 2.06. The van der Waals surface area contributed by atoms with Gasteiger partial charge in [-0.2, -0.15) is 5.26 Å². The highest BCUT2D eigenvalue weighted by atomic mass is 79.9. The third kappa shape index (κ3) is 7.22. The van der Waals surface area contributed by atoms with E-state index in [4.69, 9.17) is 15.5 Å². The minimum Gasteiger partial charge on any atom is -0.394 e. The number of halogens is 1. The second-order valence-electron chi connectivity index (χ2n) is 5.18. The summed E-state index contributed by atoms with van der Waals surface area (Å²) in [5.74, 6) is 0. The van der Waals surface area contributed by atoms with Gasteiger partial charge in [0.1, 0.15) is 0 Å². The molecule has 1 aromatic carbocycles. The van der Waals surface area contributed by atoms with E-state index in [-0.39, 0.29) is 6.61 Å². The number of nitriles is 1. The summed E-state index contributed by atoms with van der Waals surface area (Å²) in [6, 6.07) is 6.21. The SMILES string of the molecule is CC/C=C(/Br)c1cc(C#N)c(C)cc1C.CCCC(O)CO. The van der Waals surface area contributed by atoms with Crippen LogP contribution in [0.25, 0.3) is 4.48 Å². The number of aliphatic hydroxyl groups is 2. The topological polar surface area (TPSA) is 64.2 Å². The van der Waals surface area contributed by atoms with Gasteiger partial charge in [0.05, 0.1) is 24.3 Å². The van der Waals surface area contributed by atoms with Gasteiger partial charge in [-0.1, -0.05) is 48.3 Å². The fraction of sp³-hybridized carbons (Fsp3) is 0.500. The molecule has 0 aliphatic heterocycles. The van der Waals surface area contributed by atoms with Crippen LogP contribution in [0.2, 0.25) is 0 Å². The summed E-state index contributed by atoms with van der Waals surface area (Å²) in [5, 5.41) is 25.8. The average molecular weight is 368 g/mol. The second kappa shape index (κ2) is 11.4. The predicted molar refractivity (Wildman–Crippen MR) is 95.8 cm³/mol. The van der Waals surface area contributed by atoms with Gasteiger partial charge in [0.25, 0.3) is 0 Å². The van der Waals surface area contributed by atoms with Crippen LogP contribution in [0.15, 0.2) is 18.2 Å². The first-order chi connectivity index (χ1) is 10.4. The van der Waals surface area contributed by atoms with Crippen molar-refractivity contribution in [2.75, 3.05) is 6.61 Å². The lowest BCUT2D eigenvalue weighted by Gasteiger charge is -2.07. The molecule has 0 fully saturated rings. The Morgan fingerprint density at radius 3 is 2.36 bits per heavy atom. The van der Waals surface area contributed by atoms with E-state index >= 15 is 0 Å². The van der Waals surface area contributed by atoms with E-state index in [2.05, 4.69) is 48.0 Å². The molecule has 3 nitrogen and oxygen atoms in total. The Kier molecular flexibility index (Phi) is 10.8. The average Bonchev–Trinajstić information content (AvgIpc) is 2.48. The van der Waals surface area contributed by atoms with Crippen LogP contribution < -0.4 is 0 Å². The largest absolute Gasteiger partial charge is 0.394 e. The third-order valence-corrected chi connectivity index (χ3v) is 3.92. The standard InChI is InChI=1S/C13H14BrN.C5H12O2/c1-4-5-13(14)12-7-11(8-15)9(2)6-10(12)3;1-2-3-5(7)4-6/h5-7H,4H2,1-3H3;5-7H,2-4H2,1H3/b13-5+;. The zero-order chi connectivity index (χ0) is 17.1. The van der Waals surface area contributed by atoms with Crippen molar-refractivity contribution >= 4 is 20.4 Å². The molecule has 0 heterocycles. The number of allylic oxidation sites excluding steroid dienone is 1. The summed E-state index contributed by atoms with van der Waals surface area (Å²) >= 11 is 3.54. The maximum atomic E-state index is 8.96. The van der Waals surface area contributed by atoms with Crippen molar-refractivity contribution in [3.8, 4) is 6.07 Å². The number of benzene rings is 1. The maximum absolute atomic E-state index is 8.96. The molecule has 1 atom stereocenters. The van der Waals surface area contributed by atoms with Gasteiger partial charge in [0, 0.05) is 4.48 Å². The fourth-order valence-electron chi connectivity index (χ4n) is 1.94. The van der Waals surface area contributed by atoms with E-state index < -0.39 is 6.10 Å². The summed E-state index contributed by atoms with van der Waals surface area (Å²) in [6.07, 6.45) is 4.23. The lowest BCUT2D eigenvalue weighted by atomic mass is 10.00. The highest BCUT2D eigenvalue weighted by Crippen LogP contribution is 2.27. The molecule has 0 aliphatic carbocycles. The molecule has 0 radical (unpaired) electrons. The van der Waals surface area contributed by atoms with E-state index in [9.17, 15) is 0 Å². The van der Waals surface area contributed by atoms with Crippen molar-refractivity contribution in [3.05, 3.63) is 40.5 Å². The van der Waals surface area contributed by atoms with Gasteiger partial charge in [-0.25, -0.2) is 0 Å². The zero-order valence-electron chi connectivity index (χ0n) is 13.9. The Morgan fingerprint density at radius 2 is 1.95 bits per heavy atom. The van der Waals surface area contributed by atoms with Gasteiger partial charge in [0.2, 0.25) is 0 Å². The normalized spacial score (nSPS) is 12.2. The molecule has 0 aromatic heterocycles. The summed E-state index contributed by atoms with van der Waals surface area (Å²) in [5.41, 5.74) is 4.09. The molecule has 1 rings (SSSR count). The Morgan fingerprint density at radius 1 is 1.32 bits per heavy atom. The maximum Gasteiger partial charge on any atom is 0.0994 e. The van der Waals surface area contributed by atoms with Crippen LogP contribution in [-0.4, -0.2) is 22.9 Å². The van der Waals surface area contributed by atoms with Crippen LogP contribution in [0.1, 0.15) is 55.4 Å². The van der Waals surface area contributed by atoms with Crippen molar-refractivity contribution in [1.29, 1.82) is 5.26 Å². The molecule has 0 saturated heterocycles. The number of rotatable bonds is 5. The van der Waals surface area contributed by atoms with E-state index in [0.717, 1.165) is 34.0 Å². The van der Waals surface area contributed by atoms with Crippen LogP contribution in [0.3, 0.4) is 0 Å². The summed E-state index contributed by atoms with van der Waals surface area (Å²) < 4.78 is 1.07. The van der Waals surface area contributed by atoms with E-state index in [1.54, 1.807) is 0 Å². The zero-order valence-corrected chi connectivity index (χ0v) is 15.4. The minimum absolute atomic E-state index is 0.103. The van der Waals surface area contributed by atoms with Gasteiger partial charge in [-0.15, -0.1) is 0 Å². The molecule has 4 heteroatoms. The summed E-state index contributed by atoms with van der Waals surface area (Å²) in [6.45, 7) is 7.99. The van der Waals surface area contributed by atoms with Gasteiger partial charge in [-0.3, -0.25) is 0 Å².